The van der Waals surface area contributed by atoms with Crippen molar-refractivity contribution < 1.29 is 4.39 Å². The van der Waals surface area contributed by atoms with Crippen LogP contribution in [0.5, 0.6) is 0 Å². The third kappa shape index (κ3) is 3.11. The fourth-order valence-electron chi connectivity index (χ4n) is 2.95. The number of halogens is 1. The van der Waals surface area contributed by atoms with Crippen molar-refractivity contribution >= 4 is 0 Å². The molecule has 0 spiro atoms. The summed E-state index contributed by atoms with van der Waals surface area (Å²) < 4.78 is 13.7. The molecule has 2 heteroatoms. The summed E-state index contributed by atoms with van der Waals surface area (Å²) in [6, 6.07) is 5.87. The summed E-state index contributed by atoms with van der Waals surface area (Å²) in [6.45, 7) is 7.29. The number of hydrogen-bond donors (Lipinski definition) is 1. The zero-order valence-electron chi connectivity index (χ0n) is 11.7. The molecule has 1 aromatic rings. The van der Waals surface area contributed by atoms with E-state index >= 15 is 0 Å². The Labute approximate surface area is 110 Å². The van der Waals surface area contributed by atoms with Crippen molar-refractivity contribution in [1.29, 1.82) is 0 Å². The van der Waals surface area contributed by atoms with Gasteiger partial charge in [0.25, 0.3) is 0 Å². The van der Waals surface area contributed by atoms with Crippen LogP contribution in [0.4, 0.5) is 4.39 Å². The Bertz CT molecular complexity index is 402. The second-order valence-corrected chi connectivity index (χ2v) is 5.85. The first-order valence-electron chi connectivity index (χ1n) is 7.06. The average Bonchev–Trinajstić information content (AvgIpc) is 2.35. The molecule has 0 amide bonds. The predicted molar refractivity (Wildman–Crippen MR) is 73.9 cm³/mol. The van der Waals surface area contributed by atoms with Crippen molar-refractivity contribution in [2.45, 2.75) is 52.6 Å². The van der Waals surface area contributed by atoms with Crippen LogP contribution in [0.1, 0.15) is 44.2 Å². The lowest BCUT2D eigenvalue weighted by Crippen LogP contribution is -2.40. The minimum atomic E-state index is -0.0930. The lowest BCUT2D eigenvalue weighted by Gasteiger charge is -2.34. The molecule has 1 fully saturated rings. The van der Waals surface area contributed by atoms with Crippen molar-refractivity contribution in [3.05, 3.63) is 35.1 Å². The standard InChI is InChI=1S/C16H24FN/c1-11-7-8-15(17)14(9-11)10-18-16-6-4-5-12(2)13(16)3/h7-9,12-13,16,18H,4-6,10H2,1-3H3. The van der Waals surface area contributed by atoms with Gasteiger partial charge in [-0.2, -0.15) is 0 Å². The number of nitrogens with one attached hydrogen (secondary N) is 1. The van der Waals surface area contributed by atoms with E-state index in [-0.39, 0.29) is 5.82 Å². The minimum Gasteiger partial charge on any atom is -0.310 e. The highest BCUT2D eigenvalue weighted by molar-refractivity contribution is 5.24. The van der Waals surface area contributed by atoms with Gasteiger partial charge in [-0.05, 0) is 31.2 Å². The van der Waals surface area contributed by atoms with Crippen LogP contribution in [-0.2, 0) is 6.54 Å². The van der Waals surface area contributed by atoms with Gasteiger partial charge in [0.05, 0.1) is 0 Å². The van der Waals surface area contributed by atoms with Crippen LogP contribution >= 0.6 is 0 Å². The highest BCUT2D eigenvalue weighted by Gasteiger charge is 2.26. The largest absolute Gasteiger partial charge is 0.310 e. The molecule has 0 heterocycles. The Hall–Kier alpha value is -0.890. The van der Waals surface area contributed by atoms with Crippen LogP contribution in [0.2, 0.25) is 0 Å². The van der Waals surface area contributed by atoms with Crippen molar-refractivity contribution in [2.24, 2.45) is 11.8 Å². The average molecular weight is 249 g/mol. The third-order valence-corrected chi connectivity index (χ3v) is 4.46. The third-order valence-electron chi connectivity index (χ3n) is 4.46. The van der Waals surface area contributed by atoms with Gasteiger partial charge in [-0.15, -0.1) is 0 Å². The Kier molecular flexibility index (Phi) is 4.39. The van der Waals surface area contributed by atoms with Gasteiger partial charge in [0, 0.05) is 18.2 Å². The van der Waals surface area contributed by atoms with Crippen LogP contribution < -0.4 is 5.32 Å². The highest BCUT2D eigenvalue weighted by atomic mass is 19.1. The van der Waals surface area contributed by atoms with E-state index < -0.39 is 0 Å². The maximum Gasteiger partial charge on any atom is 0.127 e. The van der Waals surface area contributed by atoms with Gasteiger partial charge in [-0.1, -0.05) is 44.4 Å². The molecule has 2 rings (SSSR count). The molecule has 3 atom stereocenters. The second kappa shape index (κ2) is 5.83. The summed E-state index contributed by atoms with van der Waals surface area (Å²) in [5.74, 6) is 1.37. The minimum absolute atomic E-state index is 0.0930. The maximum absolute atomic E-state index is 13.7. The number of aryl methyl sites for hydroxylation is 1. The van der Waals surface area contributed by atoms with Gasteiger partial charge in [0.2, 0.25) is 0 Å². The number of rotatable bonds is 3. The van der Waals surface area contributed by atoms with E-state index in [0.29, 0.717) is 18.5 Å². The molecule has 100 valence electrons. The van der Waals surface area contributed by atoms with Gasteiger partial charge in [-0.25, -0.2) is 4.39 Å². The molecule has 0 aliphatic heterocycles. The Morgan fingerprint density at radius 2 is 2.06 bits per heavy atom. The van der Waals surface area contributed by atoms with Crippen LogP contribution in [0.3, 0.4) is 0 Å². The summed E-state index contributed by atoms with van der Waals surface area (Å²) in [7, 11) is 0. The summed E-state index contributed by atoms with van der Waals surface area (Å²) in [6.07, 6.45) is 3.84. The van der Waals surface area contributed by atoms with E-state index in [1.54, 1.807) is 6.07 Å². The second-order valence-electron chi connectivity index (χ2n) is 5.85. The molecule has 0 aromatic heterocycles. The van der Waals surface area contributed by atoms with Gasteiger partial charge >= 0.3 is 0 Å². The van der Waals surface area contributed by atoms with E-state index in [1.807, 2.05) is 19.1 Å². The van der Waals surface area contributed by atoms with E-state index in [9.17, 15) is 4.39 Å². The van der Waals surface area contributed by atoms with Crippen LogP contribution in [0.25, 0.3) is 0 Å². The van der Waals surface area contributed by atoms with E-state index in [0.717, 1.165) is 17.0 Å². The Balaban J connectivity index is 1.96. The molecular weight excluding hydrogens is 225 g/mol. The first-order chi connectivity index (χ1) is 8.58. The fraction of sp³-hybridized carbons (Fsp3) is 0.625. The first-order valence-corrected chi connectivity index (χ1v) is 7.06. The summed E-state index contributed by atoms with van der Waals surface area (Å²) in [4.78, 5) is 0. The first kappa shape index (κ1) is 13.5. The molecule has 0 bridgehead atoms. The molecular formula is C16H24FN. The Morgan fingerprint density at radius 1 is 1.28 bits per heavy atom. The molecule has 1 aliphatic rings. The van der Waals surface area contributed by atoms with Crippen molar-refractivity contribution in [2.75, 3.05) is 0 Å². The van der Waals surface area contributed by atoms with E-state index in [1.165, 1.54) is 19.3 Å². The molecule has 1 saturated carbocycles. The molecule has 1 nitrogen and oxygen atoms in total. The van der Waals surface area contributed by atoms with Crippen molar-refractivity contribution in [3.8, 4) is 0 Å². The summed E-state index contributed by atoms with van der Waals surface area (Å²) in [5, 5.41) is 3.55. The lowest BCUT2D eigenvalue weighted by atomic mass is 9.78. The van der Waals surface area contributed by atoms with Gasteiger partial charge in [-0.3, -0.25) is 0 Å². The predicted octanol–water partition coefficient (Wildman–Crippen LogP) is 4.05. The van der Waals surface area contributed by atoms with E-state index in [2.05, 4.69) is 19.2 Å². The maximum atomic E-state index is 13.7. The molecule has 0 saturated heterocycles. The van der Waals surface area contributed by atoms with Crippen LogP contribution in [0.15, 0.2) is 18.2 Å². The van der Waals surface area contributed by atoms with Crippen LogP contribution in [-0.4, -0.2) is 6.04 Å². The van der Waals surface area contributed by atoms with Crippen molar-refractivity contribution in [3.63, 3.8) is 0 Å². The lowest BCUT2D eigenvalue weighted by molar-refractivity contribution is 0.205. The molecule has 1 aromatic carbocycles. The molecule has 1 aliphatic carbocycles. The molecule has 1 N–H and O–H groups in total. The van der Waals surface area contributed by atoms with Crippen LogP contribution in [0, 0.1) is 24.6 Å². The summed E-state index contributed by atoms with van der Waals surface area (Å²) >= 11 is 0. The summed E-state index contributed by atoms with van der Waals surface area (Å²) in [5.41, 5.74) is 1.92. The number of hydrogen-bond acceptors (Lipinski definition) is 1. The highest BCUT2D eigenvalue weighted by Crippen LogP contribution is 2.29. The monoisotopic (exact) mass is 249 g/mol. The van der Waals surface area contributed by atoms with E-state index in [4.69, 9.17) is 0 Å². The number of benzene rings is 1. The zero-order chi connectivity index (χ0) is 13.1. The van der Waals surface area contributed by atoms with Gasteiger partial charge in [0.1, 0.15) is 5.82 Å². The molecule has 18 heavy (non-hydrogen) atoms. The fourth-order valence-corrected chi connectivity index (χ4v) is 2.95. The SMILES string of the molecule is Cc1ccc(F)c(CNC2CCCC(C)C2C)c1. The van der Waals surface area contributed by atoms with Gasteiger partial charge < -0.3 is 5.32 Å². The van der Waals surface area contributed by atoms with Gasteiger partial charge in [0.15, 0.2) is 0 Å². The smallest absolute Gasteiger partial charge is 0.127 e. The molecule has 0 radical (unpaired) electrons. The quantitative estimate of drug-likeness (QED) is 0.852. The van der Waals surface area contributed by atoms with Crippen molar-refractivity contribution in [1.82, 2.24) is 5.32 Å². The normalized spacial score (nSPS) is 28.3. The zero-order valence-corrected chi connectivity index (χ0v) is 11.7. The topological polar surface area (TPSA) is 12.0 Å². The Morgan fingerprint density at radius 3 is 2.83 bits per heavy atom. The molecule has 3 unspecified atom stereocenters.